The zero-order valence-corrected chi connectivity index (χ0v) is 14.6. The Morgan fingerprint density at radius 1 is 1.04 bits per heavy atom. The van der Waals surface area contributed by atoms with Gasteiger partial charge in [0.1, 0.15) is 5.75 Å². The van der Waals surface area contributed by atoms with E-state index in [4.69, 9.17) is 4.74 Å². The second-order valence-electron chi connectivity index (χ2n) is 6.09. The van der Waals surface area contributed by atoms with Gasteiger partial charge in [0.05, 0.1) is 18.3 Å². The summed E-state index contributed by atoms with van der Waals surface area (Å²) in [5, 5.41) is 2.32. The third kappa shape index (κ3) is 2.65. The van der Waals surface area contributed by atoms with Crippen molar-refractivity contribution < 1.29 is 9.53 Å². The standard InChI is InChI=1S/C22H18N2O2/c1-24-20-6-4-3-5-17(20)18-13-14-23-19(22(18)24)11-12-21(25)15-7-9-16(26-2)10-8-15/h3-14H,1-2H3/b12-11+. The van der Waals surface area contributed by atoms with Crippen LogP contribution in [0.5, 0.6) is 5.75 Å². The van der Waals surface area contributed by atoms with Gasteiger partial charge in [0.15, 0.2) is 5.78 Å². The molecule has 2 aromatic carbocycles. The van der Waals surface area contributed by atoms with Gasteiger partial charge in [-0.2, -0.15) is 0 Å². The number of carbonyl (C=O) groups excluding carboxylic acids is 1. The summed E-state index contributed by atoms with van der Waals surface area (Å²) >= 11 is 0. The van der Waals surface area contributed by atoms with Gasteiger partial charge >= 0.3 is 0 Å². The Balaban J connectivity index is 1.74. The quantitative estimate of drug-likeness (QED) is 0.401. The molecule has 4 aromatic rings. The number of nitrogens with zero attached hydrogens (tertiary/aromatic N) is 2. The highest BCUT2D eigenvalue weighted by Gasteiger charge is 2.11. The highest BCUT2D eigenvalue weighted by atomic mass is 16.5. The smallest absolute Gasteiger partial charge is 0.185 e. The Hall–Kier alpha value is -3.40. The predicted molar refractivity (Wildman–Crippen MR) is 105 cm³/mol. The molecular formula is C22H18N2O2. The lowest BCUT2D eigenvalue weighted by Crippen LogP contribution is -1.95. The molecular weight excluding hydrogens is 324 g/mol. The van der Waals surface area contributed by atoms with Crippen LogP contribution >= 0.6 is 0 Å². The van der Waals surface area contributed by atoms with Crippen molar-refractivity contribution in [1.29, 1.82) is 0 Å². The molecule has 0 saturated carbocycles. The van der Waals surface area contributed by atoms with Crippen LogP contribution < -0.4 is 4.74 Å². The molecule has 0 N–H and O–H groups in total. The lowest BCUT2D eigenvalue weighted by Gasteiger charge is -2.02. The number of carbonyl (C=O) groups is 1. The number of fused-ring (bicyclic) bond motifs is 3. The van der Waals surface area contributed by atoms with E-state index in [2.05, 4.69) is 21.7 Å². The van der Waals surface area contributed by atoms with Gasteiger partial charge in [-0.15, -0.1) is 0 Å². The van der Waals surface area contributed by atoms with Crippen LogP contribution in [0.25, 0.3) is 27.9 Å². The molecule has 4 rings (SSSR count). The van der Waals surface area contributed by atoms with E-state index in [-0.39, 0.29) is 5.78 Å². The van der Waals surface area contributed by atoms with E-state index in [0.717, 1.165) is 27.9 Å². The van der Waals surface area contributed by atoms with Crippen molar-refractivity contribution in [3.8, 4) is 5.75 Å². The number of methoxy groups -OCH3 is 1. The van der Waals surface area contributed by atoms with E-state index in [1.54, 1.807) is 49.7 Å². The van der Waals surface area contributed by atoms with Crippen LogP contribution in [-0.4, -0.2) is 22.4 Å². The first-order valence-corrected chi connectivity index (χ1v) is 8.37. The second kappa shape index (κ2) is 6.48. The number of ether oxygens (including phenoxy) is 1. The van der Waals surface area contributed by atoms with Crippen LogP contribution in [-0.2, 0) is 7.05 Å². The zero-order valence-electron chi connectivity index (χ0n) is 14.6. The third-order valence-corrected chi connectivity index (χ3v) is 4.61. The zero-order chi connectivity index (χ0) is 18.1. The van der Waals surface area contributed by atoms with Crippen molar-refractivity contribution in [3.05, 3.63) is 78.1 Å². The number of benzene rings is 2. The molecule has 0 bridgehead atoms. The van der Waals surface area contributed by atoms with Gasteiger partial charge < -0.3 is 9.30 Å². The van der Waals surface area contributed by atoms with Gasteiger partial charge in [-0.3, -0.25) is 9.78 Å². The number of pyridine rings is 1. The minimum Gasteiger partial charge on any atom is -0.497 e. The van der Waals surface area contributed by atoms with Gasteiger partial charge in [-0.1, -0.05) is 18.2 Å². The number of rotatable bonds is 4. The molecule has 0 aliphatic carbocycles. The van der Waals surface area contributed by atoms with Crippen LogP contribution in [0.2, 0.25) is 0 Å². The lowest BCUT2D eigenvalue weighted by molar-refractivity contribution is 0.104. The van der Waals surface area contributed by atoms with Gasteiger partial charge in [0, 0.05) is 35.1 Å². The minimum atomic E-state index is -0.0646. The summed E-state index contributed by atoms with van der Waals surface area (Å²) in [5.41, 5.74) is 3.56. The highest BCUT2D eigenvalue weighted by Crippen LogP contribution is 2.29. The van der Waals surface area contributed by atoms with Crippen LogP contribution in [0.1, 0.15) is 16.1 Å². The average Bonchev–Trinajstić information content (AvgIpc) is 2.99. The Labute approximate surface area is 151 Å². The summed E-state index contributed by atoms with van der Waals surface area (Å²) in [7, 11) is 3.63. The number of aryl methyl sites for hydroxylation is 1. The molecule has 128 valence electrons. The molecule has 0 fully saturated rings. The number of ketones is 1. The molecule has 0 unspecified atom stereocenters. The third-order valence-electron chi connectivity index (χ3n) is 4.61. The summed E-state index contributed by atoms with van der Waals surface area (Å²) < 4.78 is 7.25. The Kier molecular flexibility index (Phi) is 4.01. The molecule has 2 heterocycles. The minimum absolute atomic E-state index is 0.0646. The predicted octanol–water partition coefficient (Wildman–Crippen LogP) is 4.63. The van der Waals surface area contributed by atoms with Gasteiger partial charge in [0.2, 0.25) is 0 Å². The molecule has 2 aromatic heterocycles. The second-order valence-corrected chi connectivity index (χ2v) is 6.09. The summed E-state index contributed by atoms with van der Waals surface area (Å²) in [4.78, 5) is 16.9. The number of para-hydroxylation sites is 1. The van der Waals surface area contributed by atoms with Crippen molar-refractivity contribution in [2.45, 2.75) is 0 Å². The monoisotopic (exact) mass is 342 g/mol. The number of aromatic nitrogens is 2. The number of allylic oxidation sites excluding steroid dienone is 1. The molecule has 4 nitrogen and oxygen atoms in total. The highest BCUT2D eigenvalue weighted by molar-refractivity contribution is 6.11. The fourth-order valence-electron chi connectivity index (χ4n) is 3.28. The maximum absolute atomic E-state index is 12.4. The van der Waals surface area contributed by atoms with E-state index < -0.39 is 0 Å². The number of hydrogen-bond acceptors (Lipinski definition) is 3. The molecule has 0 radical (unpaired) electrons. The summed E-state index contributed by atoms with van der Waals surface area (Å²) in [6.45, 7) is 0. The topological polar surface area (TPSA) is 44.1 Å². The van der Waals surface area contributed by atoms with Crippen molar-refractivity contribution in [2.75, 3.05) is 7.11 Å². The molecule has 0 saturated heterocycles. The van der Waals surface area contributed by atoms with Crippen LogP contribution in [0.4, 0.5) is 0 Å². The first-order chi connectivity index (χ1) is 12.7. The van der Waals surface area contributed by atoms with Crippen molar-refractivity contribution in [1.82, 2.24) is 9.55 Å². The number of hydrogen-bond donors (Lipinski definition) is 0. The largest absolute Gasteiger partial charge is 0.497 e. The van der Waals surface area contributed by atoms with Crippen molar-refractivity contribution in [3.63, 3.8) is 0 Å². The maximum Gasteiger partial charge on any atom is 0.185 e. The molecule has 0 atom stereocenters. The van der Waals surface area contributed by atoms with Gasteiger partial charge in [0.25, 0.3) is 0 Å². The average molecular weight is 342 g/mol. The first-order valence-electron chi connectivity index (χ1n) is 8.37. The Bertz CT molecular complexity index is 1140. The Morgan fingerprint density at radius 2 is 1.81 bits per heavy atom. The van der Waals surface area contributed by atoms with Gasteiger partial charge in [-0.25, -0.2) is 0 Å². The molecule has 0 aliphatic rings. The van der Waals surface area contributed by atoms with Crippen LogP contribution in [0.3, 0.4) is 0 Å². The molecule has 0 amide bonds. The van der Waals surface area contributed by atoms with E-state index in [9.17, 15) is 4.79 Å². The summed E-state index contributed by atoms with van der Waals surface area (Å²) in [6, 6.07) is 17.3. The van der Waals surface area contributed by atoms with Crippen molar-refractivity contribution in [2.24, 2.45) is 7.05 Å². The molecule has 0 spiro atoms. The van der Waals surface area contributed by atoms with Crippen LogP contribution in [0.15, 0.2) is 66.9 Å². The maximum atomic E-state index is 12.4. The summed E-state index contributed by atoms with van der Waals surface area (Å²) in [5.74, 6) is 0.665. The Morgan fingerprint density at radius 3 is 2.58 bits per heavy atom. The normalized spacial score (nSPS) is 11.5. The van der Waals surface area contributed by atoms with Crippen LogP contribution in [0, 0.1) is 0 Å². The fraction of sp³-hybridized carbons (Fsp3) is 0.0909. The SMILES string of the molecule is COc1ccc(C(=O)/C=C/c2nccc3c4ccccc4n(C)c23)cc1. The van der Waals surface area contributed by atoms with E-state index in [1.165, 1.54) is 5.39 Å². The first kappa shape index (κ1) is 16.1. The van der Waals surface area contributed by atoms with Gasteiger partial charge in [-0.05, 0) is 48.6 Å². The molecule has 4 heteroatoms. The van der Waals surface area contributed by atoms with E-state index in [1.807, 2.05) is 25.2 Å². The molecule has 0 aliphatic heterocycles. The molecule has 26 heavy (non-hydrogen) atoms. The summed E-state index contributed by atoms with van der Waals surface area (Å²) in [6.07, 6.45) is 5.14. The van der Waals surface area contributed by atoms with Crippen molar-refractivity contribution >= 4 is 33.7 Å². The fourth-order valence-corrected chi connectivity index (χ4v) is 3.28. The van der Waals surface area contributed by atoms with E-state index >= 15 is 0 Å². The lowest BCUT2D eigenvalue weighted by atomic mass is 10.1. The van der Waals surface area contributed by atoms with E-state index in [0.29, 0.717) is 5.56 Å².